The molecular formula is C13H18N4O2S2. The fraction of sp³-hybridized carbons (Fsp3) is 0.385. The lowest BCUT2D eigenvalue weighted by Gasteiger charge is -2.06. The van der Waals surface area contributed by atoms with Gasteiger partial charge in [-0.2, -0.15) is 0 Å². The van der Waals surface area contributed by atoms with E-state index in [2.05, 4.69) is 14.9 Å². The minimum Gasteiger partial charge on any atom is -0.330 e. The molecule has 0 saturated heterocycles. The van der Waals surface area contributed by atoms with Crippen LogP contribution in [0.4, 0.5) is 5.13 Å². The molecule has 0 radical (unpaired) electrons. The van der Waals surface area contributed by atoms with E-state index in [4.69, 9.17) is 5.73 Å². The van der Waals surface area contributed by atoms with Gasteiger partial charge in [0, 0.05) is 0 Å². The number of sulfonamides is 1. The van der Waals surface area contributed by atoms with Gasteiger partial charge in [-0.1, -0.05) is 30.4 Å². The monoisotopic (exact) mass is 326 g/mol. The normalized spacial score (nSPS) is 11.5. The number of hydrogen-bond donors (Lipinski definition) is 2. The zero-order valence-electron chi connectivity index (χ0n) is 11.7. The molecule has 21 heavy (non-hydrogen) atoms. The van der Waals surface area contributed by atoms with Crippen molar-refractivity contribution in [2.24, 2.45) is 5.73 Å². The molecule has 0 spiro atoms. The van der Waals surface area contributed by atoms with Gasteiger partial charge in [-0.25, -0.2) is 8.42 Å². The summed E-state index contributed by atoms with van der Waals surface area (Å²) in [6.07, 6.45) is 2.46. The zero-order valence-corrected chi connectivity index (χ0v) is 13.4. The summed E-state index contributed by atoms with van der Waals surface area (Å²) in [5.74, 6) is 0. The van der Waals surface area contributed by atoms with Gasteiger partial charge in [0.2, 0.25) is 5.13 Å². The standard InChI is InChI=1S/C13H18N4O2S2/c1-2-12-15-16-13(20-12)17-21(18,19)11-7-5-10(6-8-11)4-3-9-14/h5-8H,2-4,9,14H2,1H3,(H,16,17). The summed E-state index contributed by atoms with van der Waals surface area (Å²) >= 11 is 1.24. The van der Waals surface area contributed by atoms with E-state index >= 15 is 0 Å². The van der Waals surface area contributed by atoms with E-state index in [0.717, 1.165) is 29.8 Å². The number of nitrogens with zero attached hydrogens (tertiary/aromatic N) is 2. The first-order valence-electron chi connectivity index (χ1n) is 6.69. The molecule has 1 heterocycles. The van der Waals surface area contributed by atoms with Gasteiger partial charge in [0.1, 0.15) is 5.01 Å². The molecule has 0 atom stereocenters. The third-order valence-corrected chi connectivity index (χ3v) is 5.36. The van der Waals surface area contributed by atoms with Gasteiger partial charge in [-0.15, -0.1) is 10.2 Å². The molecule has 0 aliphatic carbocycles. The van der Waals surface area contributed by atoms with Crippen LogP contribution in [0.3, 0.4) is 0 Å². The highest BCUT2D eigenvalue weighted by Crippen LogP contribution is 2.20. The van der Waals surface area contributed by atoms with Gasteiger partial charge >= 0.3 is 0 Å². The van der Waals surface area contributed by atoms with E-state index in [1.165, 1.54) is 11.3 Å². The first-order valence-corrected chi connectivity index (χ1v) is 8.99. The van der Waals surface area contributed by atoms with Crippen LogP contribution in [0.2, 0.25) is 0 Å². The van der Waals surface area contributed by atoms with Gasteiger partial charge < -0.3 is 5.73 Å². The van der Waals surface area contributed by atoms with E-state index in [0.29, 0.717) is 11.7 Å². The fourth-order valence-corrected chi connectivity index (χ4v) is 3.66. The van der Waals surface area contributed by atoms with Crippen molar-refractivity contribution in [3.63, 3.8) is 0 Å². The average molecular weight is 326 g/mol. The van der Waals surface area contributed by atoms with Crippen molar-refractivity contribution in [1.29, 1.82) is 0 Å². The van der Waals surface area contributed by atoms with Crippen LogP contribution in [0.25, 0.3) is 0 Å². The lowest BCUT2D eigenvalue weighted by Crippen LogP contribution is -2.12. The summed E-state index contributed by atoms with van der Waals surface area (Å²) in [5, 5.41) is 8.80. The van der Waals surface area contributed by atoms with Crippen LogP contribution in [0, 0.1) is 0 Å². The predicted octanol–water partition coefficient (Wildman–Crippen LogP) is 1.79. The zero-order chi connectivity index (χ0) is 15.3. The SMILES string of the molecule is CCc1nnc(NS(=O)(=O)c2ccc(CCCN)cc2)s1. The molecule has 0 bridgehead atoms. The van der Waals surface area contributed by atoms with Crippen molar-refractivity contribution in [3.05, 3.63) is 34.8 Å². The Morgan fingerprint density at radius 3 is 2.52 bits per heavy atom. The van der Waals surface area contributed by atoms with Crippen LogP contribution in [-0.4, -0.2) is 25.2 Å². The maximum Gasteiger partial charge on any atom is 0.263 e. The van der Waals surface area contributed by atoms with Crippen LogP contribution in [0.15, 0.2) is 29.2 Å². The van der Waals surface area contributed by atoms with Crippen LogP contribution in [-0.2, 0) is 22.9 Å². The molecule has 0 unspecified atom stereocenters. The Hall–Kier alpha value is -1.51. The Bertz CT molecular complexity index is 680. The highest BCUT2D eigenvalue weighted by molar-refractivity contribution is 7.93. The maximum absolute atomic E-state index is 12.2. The van der Waals surface area contributed by atoms with Crippen molar-refractivity contribution in [3.8, 4) is 0 Å². The van der Waals surface area contributed by atoms with E-state index in [9.17, 15) is 8.42 Å². The molecule has 0 fully saturated rings. The number of benzene rings is 1. The van der Waals surface area contributed by atoms with E-state index < -0.39 is 10.0 Å². The van der Waals surface area contributed by atoms with Crippen molar-refractivity contribution in [2.75, 3.05) is 11.3 Å². The Morgan fingerprint density at radius 1 is 1.24 bits per heavy atom. The molecular weight excluding hydrogens is 308 g/mol. The molecule has 0 amide bonds. The maximum atomic E-state index is 12.2. The van der Waals surface area contributed by atoms with Crippen molar-refractivity contribution in [1.82, 2.24) is 10.2 Å². The van der Waals surface area contributed by atoms with Crippen molar-refractivity contribution in [2.45, 2.75) is 31.1 Å². The van der Waals surface area contributed by atoms with Crippen LogP contribution >= 0.6 is 11.3 Å². The molecule has 0 saturated carbocycles. The Labute approximate surface area is 128 Å². The molecule has 0 aliphatic heterocycles. The number of hydrogen-bond acceptors (Lipinski definition) is 6. The van der Waals surface area contributed by atoms with Gasteiger partial charge in [0.05, 0.1) is 4.90 Å². The topological polar surface area (TPSA) is 98.0 Å². The third kappa shape index (κ3) is 4.23. The Balaban J connectivity index is 2.11. The second-order valence-corrected chi connectivity index (χ2v) is 7.24. The van der Waals surface area contributed by atoms with Crippen LogP contribution in [0.5, 0.6) is 0 Å². The highest BCUT2D eigenvalue weighted by Gasteiger charge is 2.16. The summed E-state index contributed by atoms with van der Waals surface area (Å²) in [6, 6.07) is 6.80. The molecule has 114 valence electrons. The minimum atomic E-state index is -3.61. The number of nitrogens with two attached hydrogens (primary N) is 1. The molecule has 1 aromatic heterocycles. The summed E-state index contributed by atoms with van der Waals surface area (Å²) < 4.78 is 26.9. The second-order valence-electron chi connectivity index (χ2n) is 4.50. The van der Waals surface area contributed by atoms with Gasteiger partial charge in [-0.3, -0.25) is 4.72 Å². The predicted molar refractivity (Wildman–Crippen MR) is 83.9 cm³/mol. The summed E-state index contributed by atoms with van der Waals surface area (Å²) in [7, 11) is -3.61. The number of aryl methyl sites for hydroxylation is 2. The summed E-state index contributed by atoms with van der Waals surface area (Å²) in [6.45, 7) is 2.57. The van der Waals surface area contributed by atoms with E-state index in [1.807, 2.05) is 19.1 Å². The molecule has 2 rings (SSSR count). The first kappa shape index (κ1) is 15.9. The van der Waals surface area contributed by atoms with Crippen molar-refractivity contribution >= 4 is 26.5 Å². The lowest BCUT2D eigenvalue weighted by atomic mass is 10.1. The van der Waals surface area contributed by atoms with Gasteiger partial charge in [-0.05, 0) is 43.5 Å². The van der Waals surface area contributed by atoms with E-state index in [1.54, 1.807) is 12.1 Å². The fourth-order valence-electron chi connectivity index (χ4n) is 1.75. The molecule has 2 aromatic rings. The molecule has 8 heteroatoms. The molecule has 0 aliphatic rings. The largest absolute Gasteiger partial charge is 0.330 e. The lowest BCUT2D eigenvalue weighted by molar-refractivity contribution is 0.601. The number of anilines is 1. The third-order valence-electron chi connectivity index (χ3n) is 2.89. The smallest absolute Gasteiger partial charge is 0.263 e. The van der Waals surface area contributed by atoms with Crippen LogP contribution in [0.1, 0.15) is 23.9 Å². The molecule has 6 nitrogen and oxygen atoms in total. The molecule has 3 N–H and O–H groups in total. The van der Waals surface area contributed by atoms with Gasteiger partial charge in [0.25, 0.3) is 10.0 Å². The number of rotatable bonds is 7. The van der Waals surface area contributed by atoms with Gasteiger partial charge in [0.15, 0.2) is 0 Å². The number of nitrogens with one attached hydrogen (secondary N) is 1. The highest BCUT2D eigenvalue weighted by atomic mass is 32.2. The quantitative estimate of drug-likeness (QED) is 0.808. The Morgan fingerprint density at radius 2 is 1.95 bits per heavy atom. The minimum absolute atomic E-state index is 0.215. The Kier molecular flexibility index (Phi) is 5.27. The summed E-state index contributed by atoms with van der Waals surface area (Å²) in [4.78, 5) is 0.215. The van der Waals surface area contributed by atoms with Crippen LogP contribution < -0.4 is 10.5 Å². The molecule has 1 aromatic carbocycles. The van der Waals surface area contributed by atoms with Crippen molar-refractivity contribution < 1.29 is 8.42 Å². The van der Waals surface area contributed by atoms with E-state index in [-0.39, 0.29) is 4.90 Å². The first-order chi connectivity index (χ1) is 10.0. The number of aromatic nitrogens is 2. The summed E-state index contributed by atoms with van der Waals surface area (Å²) in [5.41, 5.74) is 6.53. The second kappa shape index (κ2) is 6.97. The average Bonchev–Trinajstić information content (AvgIpc) is 2.92.